The van der Waals surface area contributed by atoms with E-state index in [0.29, 0.717) is 24.5 Å². The van der Waals surface area contributed by atoms with Crippen molar-refractivity contribution in [1.82, 2.24) is 19.9 Å². The summed E-state index contributed by atoms with van der Waals surface area (Å²) in [7, 11) is 0. The van der Waals surface area contributed by atoms with Gasteiger partial charge in [0.15, 0.2) is 5.82 Å². The van der Waals surface area contributed by atoms with Crippen molar-refractivity contribution < 1.29 is 14.1 Å². The molecule has 0 saturated carbocycles. The zero-order chi connectivity index (χ0) is 17.6. The molecule has 3 rings (SSSR count). The Morgan fingerprint density at radius 3 is 2.40 bits per heavy atom. The van der Waals surface area contributed by atoms with Crippen molar-refractivity contribution in [2.45, 2.75) is 32.6 Å². The highest BCUT2D eigenvalue weighted by molar-refractivity contribution is 5.89. The Morgan fingerprint density at radius 1 is 1.08 bits per heavy atom. The molecule has 3 heterocycles. The minimum atomic E-state index is -0.0693. The van der Waals surface area contributed by atoms with E-state index in [0.717, 1.165) is 52.1 Å². The van der Waals surface area contributed by atoms with Gasteiger partial charge in [0.05, 0.1) is 0 Å². The summed E-state index contributed by atoms with van der Waals surface area (Å²) in [6.45, 7) is 7.36. The predicted octanol–water partition coefficient (Wildman–Crippen LogP) is 1.54. The molecule has 2 saturated heterocycles. The highest BCUT2D eigenvalue weighted by Crippen LogP contribution is 2.13. The molecule has 0 radical (unpaired) electrons. The van der Waals surface area contributed by atoms with Gasteiger partial charge in [-0.2, -0.15) is 0 Å². The van der Waals surface area contributed by atoms with Gasteiger partial charge in [-0.3, -0.25) is 9.69 Å². The van der Waals surface area contributed by atoms with Crippen molar-refractivity contribution in [3.05, 3.63) is 11.8 Å². The van der Waals surface area contributed by atoms with Crippen LogP contribution in [0.1, 0.15) is 31.4 Å². The van der Waals surface area contributed by atoms with E-state index < -0.39 is 0 Å². The zero-order valence-electron chi connectivity index (χ0n) is 14.9. The number of nitrogens with one attached hydrogen (secondary N) is 1. The van der Waals surface area contributed by atoms with Crippen LogP contribution < -0.4 is 5.32 Å². The number of anilines is 1. The topological polar surface area (TPSA) is 81.9 Å². The Morgan fingerprint density at radius 2 is 1.76 bits per heavy atom. The minimum absolute atomic E-state index is 0.0693. The fourth-order valence-corrected chi connectivity index (χ4v) is 3.34. The molecule has 0 aromatic carbocycles. The molecule has 2 fully saturated rings. The number of urea groups is 1. The van der Waals surface area contributed by atoms with Crippen molar-refractivity contribution in [3.63, 3.8) is 0 Å². The highest BCUT2D eigenvalue weighted by Gasteiger charge is 2.26. The normalized spacial score (nSPS) is 19.1. The van der Waals surface area contributed by atoms with Crippen molar-refractivity contribution in [2.24, 2.45) is 0 Å². The molecule has 8 nitrogen and oxygen atoms in total. The number of carbonyl (C=O) groups excluding carboxylic acids is 2. The fourth-order valence-electron chi connectivity index (χ4n) is 3.34. The SMILES string of the molecule is Cc1cc(NC(=O)CCN2CCN(C(=O)N3CCCCC3)CC2)no1. The summed E-state index contributed by atoms with van der Waals surface area (Å²) >= 11 is 0. The number of aryl methyl sites for hydroxylation is 1. The summed E-state index contributed by atoms with van der Waals surface area (Å²) in [4.78, 5) is 30.6. The van der Waals surface area contributed by atoms with Crippen molar-refractivity contribution in [3.8, 4) is 0 Å². The van der Waals surface area contributed by atoms with Crippen LogP contribution >= 0.6 is 0 Å². The lowest BCUT2D eigenvalue weighted by Crippen LogP contribution is -2.53. The molecule has 1 N–H and O–H groups in total. The Hall–Kier alpha value is -2.09. The number of likely N-dealkylation sites (tertiary alicyclic amines) is 1. The van der Waals surface area contributed by atoms with Gasteiger partial charge in [-0.25, -0.2) is 4.79 Å². The summed E-state index contributed by atoms with van der Waals surface area (Å²) in [6, 6.07) is 1.88. The maximum absolute atomic E-state index is 12.5. The first kappa shape index (κ1) is 17.7. The largest absolute Gasteiger partial charge is 0.360 e. The van der Waals surface area contributed by atoms with E-state index in [1.807, 2.05) is 9.80 Å². The summed E-state index contributed by atoms with van der Waals surface area (Å²) in [5.74, 6) is 1.06. The standard InChI is InChI=1S/C17H27N5O3/c1-14-13-15(19-25-14)18-16(23)5-8-20-9-11-22(12-10-20)17(24)21-6-3-2-4-7-21/h13H,2-12H2,1H3,(H,18,19,23). The van der Waals surface area contributed by atoms with Crippen molar-refractivity contribution in [2.75, 3.05) is 51.1 Å². The average Bonchev–Trinajstić information content (AvgIpc) is 3.05. The molecular weight excluding hydrogens is 322 g/mol. The Bertz CT molecular complexity index is 589. The van der Waals surface area contributed by atoms with Crippen LogP contribution in [0.25, 0.3) is 0 Å². The second-order valence-corrected chi connectivity index (χ2v) is 6.78. The van der Waals surface area contributed by atoms with Gasteiger partial charge in [-0.05, 0) is 26.2 Å². The Labute approximate surface area is 148 Å². The van der Waals surface area contributed by atoms with Gasteiger partial charge < -0.3 is 19.6 Å². The second-order valence-electron chi connectivity index (χ2n) is 6.78. The van der Waals surface area contributed by atoms with Gasteiger partial charge in [-0.15, -0.1) is 0 Å². The van der Waals surface area contributed by atoms with Crippen molar-refractivity contribution >= 4 is 17.8 Å². The van der Waals surface area contributed by atoms with Crippen LogP contribution in [0, 0.1) is 6.92 Å². The predicted molar refractivity (Wildman–Crippen MR) is 93.3 cm³/mol. The van der Waals surface area contributed by atoms with E-state index in [-0.39, 0.29) is 11.9 Å². The molecule has 8 heteroatoms. The number of amides is 3. The van der Waals surface area contributed by atoms with E-state index >= 15 is 0 Å². The molecule has 25 heavy (non-hydrogen) atoms. The third-order valence-electron chi connectivity index (χ3n) is 4.82. The van der Waals surface area contributed by atoms with Gasteiger partial charge >= 0.3 is 6.03 Å². The number of piperidine rings is 1. The average molecular weight is 349 g/mol. The molecule has 2 aliphatic heterocycles. The maximum atomic E-state index is 12.5. The van der Waals surface area contributed by atoms with Crippen LogP contribution in [0.5, 0.6) is 0 Å². The molecule has 3 amide bonds. The smallest absolute Gasteiger partial charge is 0.320 e. The monoisotopic (exact) mass is 349 g/mol. The van der Waals surface area contributed by atoms with Gasteiger partial charge in [-0.1, -0.05) is 5.16 Å². The van der Waals surface area contributed by atoms with Crippen LogP contribution in [0.3, 0.4) is 0 Å². The van der Waals surface area contributed by atoms with Gasteiger partial charge in [0, 0.05) is 58.3 Å². The third-order valence-corrected chi connectivity index (χ3v) is 4.82. The van der Waals surface area contributed by atoms with Crippen molar-refractivity contribution in [1.29, 1.82) is 0 Å². The van der Waals surface area contributed by atoms with E-state index in [9.17, 15) is 9.59 Å². The summed E-state index contributed by atoms with van der Waals surface area (Å²) < 4.78 is 4.93. The third kappa shape index (κ3) is 4.94. The molecule has 138 valence electrons. The lowest BCUT2D eigenvalue weighted by atomic mass is 10.1. The van der Waals surface area contributed by atoms with Gasteiger partial charge in [0.1, 0.15) is 5.76 Å². The Balaban J connectivity index is 1.36. The highest BCUT2D eigenvalue weighted by atomic mass is 16.5. The summed E-state index contributed by atoms with van der Waals surface area (Å²) in [6.07, 6.45) is 3.87. The zero-order valence-corrected chi connectivity index (χ0v) is 14.9. The Kier molecular flexibility index (Phi) is 5.91. The van der Waals surface area contributed by atoms with E-state index in [2.05, 4.69) is 15.4 Å². The van der Waals surface area contributed by atoms with Gasteiger partial charge in [0.25, 0.3) is 0 Å². The van der Waals surface area contributed by atoms with Crippen LogP contribution in [-0.2, 0) is 4.79 Å². The van der Waals surface area contributed by atoms with Crippen LogP contribution in [0.4, 0.5) is 10.6 Å². The number of hydrogen-bond acceptors (Lipinski definition) is 5. The summed E-state index contributed by atoms with van der Waals surface area (Å²) in [5.41, 5.74) is 0. The second kappa shape index (κ2) is 8.33. The first-order chi connectivity index (χ1) is 12.1. The molecule has 0 spiro atoms. The maximum Gasteiger partial charge on any atom is 0.320 e. The number of piperazine rings is 1. The fraction of sp³-hybridized carbons (Fsp3) is 0.706. The number of hydrogen-bond donors (Lipinski definition) is 1. The lowest BCUT2D eigenvalue weighted by molar-refractivity contribution is -0.116. The minimum Gasteiger partial charge on any atom is -0.360 e. The first-order valence-electron chi connectivity index (χ1n) is 9.11. The lowest BCUT2D eigenvalue weighted by Gasteiger charge is -2.38. The first-order valence-corrected chi connectivity index (χ1v) is 9.11. The van der Waals surface area contributed by atoms with Gasteiger partial charge in [0.2, 0.25) is 5.91 Å². The van der Waals surface area contributed by atoms with E-state index in [1.165, 1.54) is 6.42 Å². The molecular formula is C17H27N5O3. The molecule has 0 unspecified atom stereocenters. The molecule has 0 bridgehead atoms. The van der Waals surface area contributed by atoms with Crippen LogP contribution in [-0.4, -0.2) is 77.6 Å². The number of aromatic nitrogens is 1. The van der Waals surface area contributed by atoms with Crippen LogP contribution in [0.2, 0.25) is 0 Å². The van der Waals surface area contributed by atoms with E-state index in [1.54, 1.807) is 13.0 Å². The molecule has 0 atom stereocenters. The van der Waals surface area contributed by atoms with Crippen LogP contribution in [0.15, 0.2) is 10.6 Å². The summed E-state index contributed by atoms with van der Waals surface area (Å²) in [5, 5.41) is 6.49. The number of rotatable bonds is 4. The quantitative estimate of drug-likeness (QED) is 0.891. The molecule has 1 aromatic heterocycles. The molecule has 1 aromatic rings. The molecule has 0 aliphatic carbocycles. The molecule has 2 aliphatic rings. The van der Waals surface area contributed by atoms with E-state index in [4.69, 9.17) is 4.52 Å². The number of nitrogens with zero attached hydrogens (tertiary/aromatic N) is 4. The number of carbonyl (C=O) groups is 2.